The topological polar surface area (TPSA) is 76.7 Å². The van der Waals surface area contributed by atoms with Gasteiger partial charge in [-0.1, -0.05) is 19.1 Å². The number of fused-ring (bicyclic) bond motifs is 1. The van der Waals surface area contributed by atoms with Crippen molar-refractivity contribution in [2.24, 2.45) is 0 Å². The molecular formula is C16H16N2O4S. The smallest absolute Gasteiger partial charge is 0.283 e. The molecule has 0 aliphatic carbocycles. The monoisotopic (exact) mass is 332 g/mol. The van der Waals surface area contributed by atoms with Gasteiger partial charge in [-0.3, -0.25) is 20.4 Å². The molecule has 1 unspecified atom stereocenters. The third kappa shape index (κ3) is 3.29. The first-order valence-corrected chi connectivity index (χ1v) is 8.12. The summed E-state index contributed by atoms with van der Waals surface area (Å²) in [4.78, 5) is 24.8. The largest absolute Gasteiger partial charge is 0.485 e. The minimum atomic E-state index is -0.806. The Bertz CT molecular complexity index is 728. The summed E-state index contributed by atoms with van der Waals surface area (Å²) in [7, 11) is 0. The lowest BCUT2D eigenvalue weighted by Crippen LogP contribution is -2.50. The van der Waals surface area contributed by atoms with Crippen LogP contribution in [0.3, 0.4) is 0 Å². The average Bonchev–Trinajstić information content (AvgIpc) is 3.07. The molecule has 3 rings (SSSR count). The van der Waals surface area contributed by atoms with Crippen molar-refractivity contribution in [3.05, 3.63) is 46.2 Å². The number of para-hydroxylation sites is 2. The molecule has 2 heterocycles. The first kappa shape index (κ1) is 15.4. The number of carbonyl (C=O) groups excluding carboxylic acids is 2. The van der Waals surface area contributed by atoms with Crippen molar-refractivity contribution in [3.63, 3.8) is 0 Å². The zero-order chi connectivity index (χ0) is 16.2. The molecule has 7 heteroatoms. The normalized spacial score (nSPS) is 15.8. The number of thiophene rings is 1. The van der Waals surface area contributed by atoms with Gasteiger partial charge in [0.2, 0.25) is 6.10 Å². The Balaban J connectivity index is 1.57. The van der Waals surface area contributed by atoms with Gasteiger partial charge >= 0.3 is 0 Å². The van der Waals surface area contributed by atoms with Crippen LogP contribution in [0.15, 0.2) is 35.7 Å². The molecule has 0 radical (unpaired) electrons. The fourth-order valence-electron chi connectivity index (χ4n) is 2.22. The lowest BCUT2D eigenvalue weighted by Gasteiger charge is -2.25. The predicted molar refractivity (Wildman–Crippen MR) is 85.7 cm³/mol. The fraction of sp³-hybridized carbons (Fsp3) is 0.250. The maximum absolute atomic E-state index is 12.1. The number of carbonyl (C=O) groups is 2. The van der Waals surface area contributed by atoms with E-state index in [0.717, 1.165) is 12.0 Å². The molecule has 0 bridgehead atoms. The van der Waals surface area contributed by atoms with Gasteiger partial charge in [-0.15, -0.1) is 11.3 Å². The number of hydrazine groups is 1. The van der Waals surface area contributed by atoms with E-state index in [1.807, 2.05) is 24.4 Å². The third-order valence-electron chi connectivity index (χ3n) is 3.43. The molecule has 1 aromatic carbocycles. The zero-order valence-corrected chi connectivity index (χ0v) is 13.3. The van der Waals surface area contributed by atoms with Gasteiger partial charge in [0.25, 0.3) is 11.8 Å². The Hall–Kier alpha value is -2.54. The molecule has 1 aromatic heterocycles. The first-order chi connectivity index (χ1) is 11.2. The molecular weight excluding hydrogens is 316 g/mol. The van der Waals surface area contributed by atoms with Crippen molar-refractivity contribution in [1.82, 2.24) is 10.9 Å². The molecule has 0 fully saturated rings. The Morgan fingerprint density at radius 3 is 2.78 bits per heavy atom. The molecule has 120 valence electrons. The highest BCUT2D eigenvalue weighted by atomic mass is 32.1. The minimum Gasteiger partial charge on any atom is -0.485 e. The van der Waals surface area contributed by atoms with Crippen molar-refractivity contribution in [1.29, 1.82) is 0 Å². The van der Waals surface area contributed by atoms with E-state index >= 15 is 0 Å². The van der Waals surface area contributed by atoms with Crippen LogP contribution < -0.4 is 20.3 Å². The van der Waals surface area contributed by atoms with Crippen molar-refractivity contribution in [2.75, 3.05) is 6.61 Å². The number of hydrogen-bond acceptors (Lipinski definition) is 5. The highest BCUT2D eigenvalue weighted by Crippen LogP contribution is 2.30. The number of amides is 2. The summed E-state index contributed by atoms with van der Waals surface area (Å²) in [5, 5.41) is 1.85. The van der Waals surface area contributed by atoms with Crippen molar-refractivity contribution < 1.29 is 19.1 Å². The summed E-state index contributed by atoms with van der Waals surface area (Å²) < 4.78 is 11.1. The van der Waals surface area contributed by atoms with Gasteiger partial charge in [0.05, 0.1) is 4.88 Å². The average molecular weight is 332 g/mol. The van der Waals surface area contributed by atoms with E-state index < -0.39 is 12.0 Å². The maximum atomic E-state index is 12.1. The van der Waals surface area contributed by atoms with E-state index in [1.165, 1.54) is 11.3 Å². The Labute approximate surface area is 137 Å². The molecule has 1 atom stereocenters. The molecule has 1 aliphatic heterocycles. The van der Waals surface area contributed by atoms with Gasteiger partial charge in [-0.05, 0) is 35.6 Å². The van der Waals surface area contributed by atoms with Crippen LogP contribution in [0.5, 0.6) is 11.5 Å². The highest BCUT2D eigenvalue weighted by molar-refractivity contribution is 7.12. The summed E-state index contributed by atoms with van der Waals surface area (Å²) in [6.45, 7) is 2.07. The second kappa shape index (κ2) is 6.70. The number of ether oxygens (including phenoxy) is 2. The van der Waals surface area contributed by atoms with Crippen LogP contribution in [-0.4, -0.2) is 24.5 Å². The summed E-state index contributed by atoms with van der Waals surface area (Å²) >= 11 is 1.34. The lowest BCUT2D eigenvalue weighted by atomic mass is 10.2. The third-order valence-corrected chi connectivity index (χ3v) is 4.39. The van der Waals surface area contributed by atoms with Crippen LogP contribution in [0, 0.1) is 0 Å². The van der Waals surface area contributed by atoms with Crippen LogP contribution in [0.2, 0.25) is 0 Å². The van der Waals surface area contributed by atoms with Gasteiger partial charge < -0.3 is 9.47 Å². The second-order valence-corrected chi connectivity index (χ2v) is 5.85. The summed E-state index contributed by atoms with van der Waals surface area (Å²) in [6, 6.07) is 9.03. The van der Waals surface area contributed by atoms with E-state index in [9.17, 15) is 9.59 Å². The van der Waals surface area contributed by atoms with E-state index in [4.69, 9.17) is 9.47 Å². The van der Waals surface area contributed by atoms with Gasteiger partial charge in [-0.25, -0.2) is 0 Å². The van der Waals surface area contributed by atoms with Crippen LogP contribution in [0.4, 0.5) is 0 Å². The molecule has 2 aromatic rings. The van der Waals surface area contributed by atoms with E-state index in [-0.39, 0.29) is 12.5 Å². The van der Waals surface area contributed by atoms with Crippen LogP contribution in [-0.2, 0) is 11.2 Å². The number of benzene rings is 1. The number of aryl methyl sites for hydroxylation is 1. The molecule has 0 saturated carbocycles. The van der Waals surface area contributed by atoms with Gasteiger partial charge in [-0.2, -0.15) is 0 Å². The maximum Gasteiger partial charge on any atom is 0.283 e. The Kier molecular flexibility index (Phi) is 4.47. The second-order valence-electron chi connectivity index (χ2n) is 4.94. The van der Waals surface area contributed by atoms with E-state index in [1.54, 1.807) is 18.2 Å². The number of hydrogen-bond donors (Lipinski definition) is 2. The van der Waals surface area contributed by atoms with Gasteiger partial charge in [0.1, 0.15) is 6.61 Å². The molecule has 2 N–H and O–H groups in total. The molecule has 1 aliphatic rings. The van der Waals surface area contributed by atoms with Crippen molar-refractivity contribution >= 4 is 23.2 Å². The molecule has 6 nitrogen and oxygen atoms in total. The quantitative estimate of drug-likeness (QED) is 0.842. The summed E-state index contributed by atoms with van der Waals surface area (Å²) in [5.41, 5.74) is 5.75. The lowest BCUT2D eigenvalue weighted by molar-refractivity contribution is -0.131. The standard InChI is InChI=1S/C16H16N2O4S/c1-2-10-7-8-23-14(10)16(20)18-17-15(19)13-9-21-11-5-3-4-6-12(11)22-13/h3-8,13H,2,9H2,1H3,(H,17,19)(H,18,20). The summed E-state index contributed by atoms with van der Waals surface area (Å²) in [6.07, 6.45) is -0.0458. The number of rotatable bonds is 3. The van der Waals surface area contributed by atoms with Crippen LogP contribution in [0.25, 0.3) is 0 Å². The Morgan fingerprint density at radius 1 is 1.22 bits per heavy atom. The van der Waals surface area contributed by atoms with Crippen LogP contribution >= 0.6 is 11.3 Å². The van der Waals surface area contributed by atoms with Crippen molar-refractivity contribution in [2.45, 2.75) is 19.4 Å². The van der Waals surface area contributed by atoms with E-state index in [2.05, 4.69) is 10.9 Å². The SMILES string of the molecule is CCc1ccsc1C(=O)NNC(=O)C1COc2ccccc2O1. The molecule has 2 amide bonds. The summed E-state index contributed by atoms with van der Waals surface area (Å²) in [5.74, 6) is 0.327. The predicted octanol–water partition coefficient (Wildman–Crippen LogP) is 1.91. The number of nitrogens with one attached hydrogen (secondary N) is 2. The van der Waals surface area contributed by atoms with Gasteiger partial charge in [0, 0.05) is 0 Å². The molecule has 0 spiro atoms. The zero-order valence-electron chi connectivity index (χ0n) is 12.5. The van der Waals surface area contributed by atoms with E-state index in [0.29, 0.717) is 16.4 Å². The minimum absolute atomic E-state index is 0.0952. The molecule has 0 saturated heterocycles. The Morgan fingerprint density at radius 2 is 2.00 bits per heavy atom. The van der Waals surface area contributed by atoms with Gasteiger partial charge in [0.15, 0.2) is 11.5 Å². The molecule has 23 heavy (non-hydrogen) atoms. The van der Waals surface area contributed by atoms with Crippen LogP contribution in [0.1, 0.15) is 22.2 Å². The first-order valence-electron chi connectivity index (χ1n) is 7.24. The highest BCUT2D eigenvalue weighted by Gasteiger charge is 2.27. The van der Waals surface area contributed by atoms with Crippen molar-refractivity contribution in [3.8, 4) is 11.5 Å². The fourth-order valence-corrected chi connectivity index (χ4v) is 3.11.